The molecule has 0 atom stereocenters. The number of nitrogens with two attached hydrogens (primary N) is 1. The average Bonchev–Trinajstić information content (AvgIpc) is 2.82. The van der Waals surface area contributed by atoms with Crippen LogP contribution in [0.4, 0.5) is 5.95 Å². The maximum absolute atomic E-state index is 5.52. The number of nitrogen functional groups attached to an aromatic ring is 1. The Bertz CT molecular complexity index is 595. The topological polar surface area (TPSA) is 97.8 Å². The van der Waals surface area contributed by atoms with Crippen LogP contribution in [0.3, 0.4) is 0 Å². The molecule has 0 amide bonds. The van der Waals surface area contributed by atoms with Crippen LogP contribution in [0.15, 0.2) is 24.7 Å². The first-order valence-corrected chi connectivity index (χ1v) is 4.31. The zero-order valence-corrected chi connectivity index (χ0v) is 7.62. The molecule has 7 nitrogen and oxygen atoms in total. The molecule has 0 fully saturated rings. The monoisotopic (exact) mass is 201 g/mol. The predicted octanol–water partition coefficient (Wildman–Crippen LogP) is 0.0966. The van der Waals surface area contributed by atoms with Gasteiger partial charge in [0.05, 0.1) is 11.8 Å². The number of fused-ring (bicyclic) bond motifs is 1. The van der Waals surface area contributed by atoms with Gasteiger partial charge in [-0.1, -0.05) is 0 Å². The van der Waals surface area contributed by atoms with E-state index in [9.17, 15) is 0 Å². The predicted molar refractivity (Wildman–Crippen MR) is 52.8 cm³/mol. The number of hydrogen-bond donors (Lipinski definition) is 2. The molecule has 0 saturated carbocycles. The Morgan fingerprint density at radius 2 is 2.33 bits per heavy atom. The van der Waals surface area contributed by atoms with Gasteiger partial charge in [0.15, 0.2) is 11.5 Å². The summed E-state index contributed by atoms with van der Waals surface area (Å²) in [4.78, 5) is 8.25. The minimum Gasteiger partial charge on any atom is -0.366 e. The van der Waals surface area contributed by atoms with E-state index in [-0.39, 0.29) is 5.95 Å². The first kappa shape index (κ1) is 7.92. The third-order valence-corrected chi connectivity index (χ3v) is 2.03. The quantitative estimate of drug-likeness (QED) is 0.581. The van der Waals surface area contributed by atoms with Crippen LogP contribution < -0.4 is 5.73 Å². The molecular weight excluding hydrogens is 194 g/mol. The SMILES string of the molecule is Nc1nc2ccnc(-c3cn[nH]c3)n2n1. The number of anilines is 1. The molecule has 7 heteroatoms. The Hall–Kier alpha value is -2.44. The lowest BCUT2D eigenvalue weighted by Crippen LogP contribution is -1.96. The molecule has 0 unspecified atom stereocenters. The Labute approximate surface area is 84.0 Å². The van der Waals surface area contributed by atoms with Gasteiger partial charge in [-0.15, -0.1) is 5.10 Å². The highest BCUT2D eigenvalue weighted by molar-refractivity contribution is 5.57. The molecule has 3 N–H and O–H groups in total. The van der Waals surface area contributed by atoms with Crippen molar-refractivity contribution in [2.24, 2.45) is 0 Å². The van der Waals surface area contributed by atoms with Crippen molar-refractivity contribution < 1.29 is 0 Å². The Morgan fingerprint density at radius 3 is 3.13 bits per heavy atom. The first-order chi connectivity index (χ1) is 7.34. The van der Waals surface area contributed by atoms with Crippen molar-refractivity contribution in [3.8, 4) is 11.4 Å². The van der Waals surface area contributed by atoms with Crippen LogP contribution >= 0.6 is 0 Å². The number of nitrogens with zero attached hydrogens (tertiary/aromatic N) is 5. The normalized spacial score (nSPS) is 10.9. The third kappa shape index (κ3) is 1.13. The van der Waals surface area contributed by atoms with Crippen molar-refractivity contribution in [2.75, 3.05) is 5.73 Å². The van der Waals surface area contributed by atoms with Crippen molar-refractivity contribution in [3.63, 3.8) is 0 Å². The fourth-order valence-electron chi connectivity index (χ4n) is 1.40. The number of aromatic amines is 1. The highest BCUT2D eigenvalue weighted by Crippen LogP contribution is 2.15. The lowest BCUT2D eigenvalue weighted by Gasteiger charge is -1.97. The van der Waals surface area contributed by atoms with E-state index in [1.807, 2.05) is 0 Å². The molecule has 0 spiro atoms. The molecule has 74 valence electrons. The zero-order chi connectivity index (χ0) is 10.3. The smallest absolute Gasteiger partial charge is 0.240 e. The van der Waals surface area contributed by atoms with Crippen LogP contribution in [0, 0.1) is 0 Å². The van der Waals surface area contributed by atoms with Crippen molar-refractivity contribution in [1.29, 1.82) is 0 Å². The molecule has 0 saturated heterocycles. The van der Waals surface area contributed by atoms with E-state index in [2.05, 4.69) is 25.3 Å². The summed E-state index contributed by atoms with van der Waals surface area (Å²) in [5.74, 6) is 0.887. The summed E-state index contributed by atoms with van der Waals surface area (Å²) in [7, 11) is 0. The maximum Gasteiger partial charge on any atom is 0.240 e. The van der Waals surface area contributed by atoms with Gasteiger partial charge in [0.1, 0.15) is 0 Å². The van der Waals surface area contributed by atoms with E-state index in [0.717, 1.165) is 5.56 Å². The summed E-state index contributed by atoms with van der Waals surface area (Å²) < 4.78 is 1.58. The van der Waals surface area contributed by atoms with E-state index in [4.69, 9.17) is 5.73 Å². The number of hydrogen-bond acceptors (Lipinski definition) is 5. The molecule has 0 bridgehead atoms. The van der Waals surface area contributed by atoms with Crippen LogP contribution in [0.1, 0.15) is 0 Å². The molecule has 15 heavy (non-hydrogen) atoms. The van der Waals surface area contributed by atoms with E-state index in [0.29, 0.717) is 11.5 Å². The van der Waals surface area contributed by atoms with Gasteiger partial charge in [0, 0.05) is 18.5 Å². The fraction of sp³-hybridized carbons (Fsp3) is 0. The van der Waals surface area contributed by atoms with Gasteiger partial charge in [-0.25, -0.2) is 4.98 Å². The van der Waals surface area contributed by atoms with Gasteiger partial charge in [-0.2, -0.15) is 14.6 Å². The minimum atomic E-state index is 0.229. The second kappa shape index (κ2) is 2.77. The van der Waals surface area contributed by atoms with E-state index >= 15 is 0 Å². The Kier molecular flexibility index (Phi) is 1.46. The number of aromatic nitrogens is 6. The number of rotatable bonds is 1. The second-order valence-electron chi connectivity index (χ2n) is 3.00. The van der Waals surface area contributed by atoms with Gasteiger partial charge in [0.25, 0.3) is 0 Å². The van der Waals surface area contributed by atoms with Crippen molar-refractivity contribution >= 4 is 11.6 Å². The summed E-state index contributed by atoms with van der Waals surface area (Å²) in [6.45, 7) is 0. The average molecular weight is 201 g/mol. The molecule has 3 aromatic rings. The molecule has 3 heterocycles. The summed E-state index contributed by atoms with van der Waals surface area (Å²) in [5, 5.41) is 10.6. The van der Waals surface area contributed by atoms with Crippen molar-refractivity contribution in [3.05, 3.63) is 24.7 Å². The lowest BCUT2D eigenvalue weighted by molar-refractivity contribution is 0.939. The Morgan fingerprint density at radius 1 is 1.40 bits per heavy atom. The molecule has 3 rings (SSSR count). The van der Waals surface area contributed by atoms with Crippen molar-refractivity contribution in [1.82, 2.24) is 29.8 Å². The fourth-order valence-corrected chi connectivity index (χ4v) is 1.40. The number of H-pyrrole nitrogens is 1. The standard InChI is InChI=1S/C8H7N7/c9-8-13-6-1-2-10-7(15(6)14-8)5-3-11-12-4-5/h1-4H,(H2,9,14)(H,11,12). The van der Waals surface area contributed by atoms with Gasteiger partial charge in [0.2, 0.25) is 5.95 Å². The van der Waals surface area contributed by atoms with E-state index in [1.165, 1.54) is 0 Å². The van der Waals surface area contributed by atoms with Crippen LogP contribution in [0.25, 0.3) is 17.0 Å². The molecule has 0 radical (unpaired) electrons. The van der Waals surface area contributed by atoms with Gasteiger partial charge < -0.3 is 5.73 Å². The Balaban J connectivity index is 2.35. The first-order valence-electron chi connectivity index (χ1n) is 4.31. The molecule has 0 aliphatic heterocycles. The maximum atomic E-state index is 5.52. The van der Waals surface area contributed by atoms with Gasteiger partial charge >= 0.3 is 0 Å². The largest absolute Gasteiger partial charge is 0.366 e. The van der Waals surface area contributed by atoms with E-state index < -0.39 is 0 Å². The molecular formula is C8H7N7. The highest BCUT2D eigenvalue weighted by atomic mass is 15.3. The summed E-state index contributed by atoms with van der Waals surface area (Å²) >= 11 is 0. The molecule has 0 aliphatic carbocycles. The summed E-state index contributed by atoms with van der Waals surface area (Å²) in [5.41, 5.74) is 7.02. The van der Waals surface area contributed by atoms with Gasteiger partial charge in [-0.3, -0.25) is 5.10 Å². The molecule has 3 aromatic heterocycles. The summed E-state index contributed by atoms with van der Waals surface area (Å²) in [6.07, 6.45) is 5.06. The summed E-state index contributed by atoms with van der Waals surface area (Å²) in [6, 6.07) is 1.74. The second-order valence-corrected chi connectivity index (χ2v) is 3.00. The van der Waals surface area contributed by atoms with Crippen LogP contribution in [0.5, 0.6) is 0 Å². The third-order valence-electron chi connectivity index (χ3n) is 2.03. The lowest BCUT2D eigenvalue weighted by atomic mass is 10.3. The number of nitrogens with one attached hydrogen (secondary N) is 1. The molecule has 0 aliphatic rings. The molecule has 0 aromatic carbocycles. The highest BCUT2D eigenvalue weighted by Gasteiger charge is 2.08. The van der Waals surface area contributed by atoms with E-state index in [1.54, 1.807) is 29.2 Å². The van der Waals surface area contributed by atoms with Crippen LogP contribution in [-0.2, 0) is 0 Å². The zero-order valence-electron chi connectivity index (χ0n) is 7.62. The van der Waals surface area contributed by atoms with Crippen molar-refractivity contribution in [2.45, 2.75) is 0 Å². The van der Waals surface area contributed by atoms with Gasteiger partial charge in [-0.05, 0) is 0 Å². The van der Waals surface area contributed by atoms with Crippen LogP contribution in [-0.4, -0.2) is 29.8 Å². The minimum absolute atomic E-state index is 0.229. The van der Waals surface area contributed by atoms with Crippen LogP contribution in [0.2, 0.25) is 0 Å².